The van der Waals surface area contributed by atoms with Crippen molar-refractivity contribution in [3.05, 3.63) is 12.2 Å². The second-order valence-corrected chi connectivity index (χ2v) is 6.63. The summed E-state index contributed by atoms with van der Waals surface area (Å²) >= 11 is 0. The van der Waals surface area contributed by atoms with Gasteiger partial charge in [0.25, 0.3) is 0 Å². The molecule has 0 aromatic carbocycles. The summed E-state index contributed by atoms with van der Waals surface area (Å²) in [4.78, 5) is 36.2. The normalized spacial score (nSPS) is 22.4. The molecule has 154 valence electrons. The first-order valence-electron chi connectivity index (χ1n) is 9.59. The Morgan fingerprint density at radius 1 is 1.33 bits per heavy atom. The molecule has 0 saturated carbocycles. The molecule has 8 heteroatoms. The Labute approximate surface area is 160 Å². The number of nitrogens with one attached hydrogen (secondary N) is 2. The van der Waals surface area contributed by atoms with E-state index in [1.54, 1.807) is 6.92 Å². The van der Waals surface area contributed by atoms with E-state index in [2.05, 4.69) is 10.6 Å². The molecule has 0 fully saturated rings. The maximum Gasteiger partial charge on any atom is 0.305 e. The molecule has 0 unspecified atom stereocenters. The maximum atomic E-state index is 12.5. The zero-order valence-electron chi connectivity index (χ0n) is 16.1. The fourth-order valence-electron chi connectivity index (χ4n) is 2.61. The van der Waals surface area contributed by atoms with Crippen molar-refractivity contribution in [2.75, 3.05) is 33.0 Å². The van der Waals surface area contributed by atoms with E-state index in [-0.39, 0.29) is 50.1 Å². The molecule has 0 bridgehead atoms. The van der Waals surface area contributed by atoms with Crippen molar-refractivity contribution in [3.63, 3.8) is 0 Å². The van der Waals surface area contributed by atoms with E-state index < -0.39 is 5.92 Å². The lowest BCUT2D eigenvalue weighted by Crippen LogP contribution is -2.41. The number of carbonyl (C=O) groups excluding carboxylic acids is 3. The molecule has 0 aliphatic carbocycles. The van der Waals surface area contributed by atoms with Gasteiger partial charge in [0.05, 0.1) is 31.8 Å². The van der Waals surface area contributed by atoms with Crippen LogP contribution in [0.2, 0.25) is 0 Å². The second-order valence-electron chi connectivity index (χ2n) is 6.63. The van der Waals surface area contributed by atoms with E-state index in [9.17, 15) is 14.4 Å². The van der Waals surface area contributed by atoms with Crippen molar-refractivity contribution in [1.82, 2.24) is 10.6 Å². The minimum atomic E-state index is -0.485. The SMILES string of the molecule is C[C@H]1COC(=O)CCCCC=CC[C@H](CC(=O)NCCOCCO)C(=O)N1. The molecular weight excluding hydrogens is 352 g/mol. The van der Waals surface area contributed by atoms with Crippen LogP contribution in [0.15, 0.2) is 12.2 Å². The third-order valence-electron chi connectivity index (χ3n) is 4.08. The fourth-order valence-corrected chi connectivity index (χ4v) is 2.61. The van der Waals surface area contributed by atoms with Gasteiger partial charge in [0, 0.05) is 19.4 Å². The van der Waals surface area contributed by atoms with Gasteiger partial charge in [-0.05, 0) is 32.6 Å². The summed E-state index contributed by atoms with van der Waals surface area (Å²) in [7, 11) is 0. The van der Waals surface area contributed by atoms with Gasteiger partial charge < -0.3 is 25.2 Å². The number of amides is 2. The molecule has 0 aromatic heterocycles. The number of hydrogen-bond donors (Lipinski definition) is 3. The Morgan fingerprint density at radius 3 is 2.93 bits per heavy atom. The zero-order valence-corrected chi connectivity index (χ0v) is 16.1. The molecular formula is C19H32N2O6. The lowest BCUT2D eigenvalue weighted by atomic mass is 9.98. The van der Waals surface area contributed by atoms with Crippen LogP contribution in [-0.4, -0.2) is 61.9 Å². The van der Waals surface area contributed by atoms with Crippen LogP contribution in [0.1, 0.15) is 45.4 Å². The van der Waals surface area contributed by atoms with Crippen molar-refractivity contribution >= 4 is 17.8 Å². The lowest BCUT2D eigenvalue weighted by Gasteiger charge is -2.19. The summed E-state index contributed by atoms with van der Waals surface area (Å²) in [6.45, 7) is 2.70. The van der Waals surface area contributed by atoms with Crippen LogP contribution in [0.25, 0.3) is 0 Å². The first-order chi connectivity index (χ1) is 13.0. The Kier molecular flexibility index (Phi) is 12.1. The van der Waals surface area contributed by atoms with Gasteiger partial charge in [-0.3, -0.25) is 14.4 Å². The van der Waals surface area contributed by atoms with Gasteiger partial charge in [-0.2, -0.15) is 0 Å². The Morgan fingerprint density at radius 2 is 2.15 bits per heavy atom. The molecule has 2 amide bonds. The number of cyclic esters (lactones) is 1. The molecule has 0 aromatic rings. The number of aliphatic hydroxyl groups is 1. The third-order valence-corrected chi connectivity index (χ3v) is 4.08. The summed E-state index contributed by atoms with van der Waals surface area (Å²) in [5, 5.41) is 14.2. The summed E-state index contributed by atoms with van der Waals surface area (Å²) in [5.74, 6) is -1.19. The van der Waals surface area contributed by atoms with Crippen LogP contribution in [0.5, 0.6) is 0 Å². The molecule has 2 atom stereocenters. The van der Waals surface area contributed by atoms with Gasteiger partial charge in [0.2, 0.25) is 11.8 Å². The molecule has 1 rings (SSSR count). The second kappa shape index (κ2) is 14.2. The average Bonchev–Trinajstić information content (AvgIpc) is 2.63. The van der Waals surface area contributed by atoms with E-state index in [0.717, 1.165) is 19.3 Å². The smallest absolute Gasteiger partial charge is 0.305 e. The predicted octanol–water partition coefficient (Wildman–Crippen LogP) is 0.686. The first kappa shape index (κ1) is 23.1. The molecule has 0 spiro atoms. The van der Waals surface area contributed by atoms with Crippen LogP contribution >= 0.6 is 0 Å². The monoisotopic (exact) mass is 384 g/mol. The van der Waals surface area contributed by atoms with Crippen molar-refractivity contribution in [2.45, 2.75) is 51.5 Å². The van der Waals surface area contributed by atoms with Crippen molar-refractivity contribution in [2.24, 2.45) is 5.92 Å². The largest absolute Gasteiger partial charge is 0.464 e. The van der Waals surface area contributed by atoms with E-state index in [4.69, 9.17) is 14.6 Å². The van der Waals surface area contributed by atoms with Gasteiger partial charge in [0.1, 0.15) is 6.61 Å². The minimum absolute atomic E-state index is 0.0595. The van der Waals surface area contributed by atoms with Gasteiger partial charge in [0.15, 0.2) is 0 Å². The number of esters is 1. The van der Waals surface area contributed by atoms with E-state index in [1.165, 1.54) is 0 Å². The van der Waals surface area contributed by atoms with Gasteiger partial charge in [-0.25, -0.2) is 0 Å². The fraction of sp³-hybridized carbons (Fsp3) is 0.737. The molecule has 0 radical (unpaired) electrons. The van der Waals surface area contributed by atoms with E-state index in [1.807, 2.05) is 12.2 Å². The Hall–Kier alpha value is -1.93. The predicted molar refractivity (Wildman–Crippen MR) is 99.8 cm³/mol. The molecule has 27 heavy (non-hydrogen) atoms. The van der Waals surface area contributed by atoms with E-state index >= 15 is 0 Å². The van der Waals surface area contributed by atoms with Gasteiger partial charge >= 0.3 is 5.97 Å². The van der Waals surface area contributed by atoms with Crippen LogP contribution in [0, 0.1) is 5.92 Å². The van der Waals surface area contributed by atoms with Gasteiger partial charge in [-0.1, -0.05) is 12.2 Å². The Bertz CT molecular complexity index is 495. The van der Waals surface area contributed by atoms with Crippen molar-refractivity contribution < 1.29 is 29.0 Å². The van der Waals surface area contributed by atoms with E-state index in [0.29, 0.717) is 26.0 Å². The third kappa shape index (κ3) is 11.4. The summed E-state index contributed by atoms with van der Waals surface area (Å²) < 4.78 is 10.3. The first-order valence-corrected chi connectivity index (χ1v) is 9.59. The number of allylic oxidation sites excluding steroid dienone is 2. The highest BCUT2D eigenvalue weighted by Crippen LogP contribution is 2.12. The number of aliphatic hydroxyl groups excluding tert-OH is 1. The molecule has 8 nitrogen and oxygen atoms in total. The van der Waals surface area contributed by atoms with Crippen LogP contribution in [0.3, 0.4) is 0 Å². The van der Waals surface area contributed by atoms with Crippen LogP contribution in [-0.2, 0) is 23.9 Å². The number of hydrogen-bond acceptors (Lipinski definition) is 6. The Balaban J connectivity index is 2.56. The highest BCUT2D eigenvalue weighted by Gasteiger charge is 2.22. The quantitative estimate of drug-likeness (QED) is 0.338. The summed E-state index contributed by atoms with van der Waals surface area (Å²) in [6.07, 6.45) is 7.33. The molecule has 3 N–H and O–H groups in total. The summed E-state index contributed by atoms with van der Waals surface area (Å²) in [5.41, 5.74) is 0. The molecule has 1 heterocycles. The average molecular weight is 384 g/mol. The molecule has 1 aliphatic heterocycles. The topological polar surface area (TPSA) is 114 Å². The lowest BCUT2D eigenvalue weighted by molar-refractivity contribution is -0.145. The van der Waals surface area contributed by atoms with Crippen molar-refractivity contribution in [3.8, 4) is 0 Å². The molecule has 0 saturated heterocycles. The summed E-state index contributed by atoms with van der Waals surface area (Å²) in [6, 6.07) is -0.314. The molecule has 1 aliphatic rings. The minimum Gasteiger partial charge on any atom is -0.464 e. The van der Waals surface area contributed by atoms with Crippen LogP contribution < -0.4 is 10.6 Å². The van der Waals surface area contributed by atoms with Crippen molar-refractivity contribution in [1.29, 1.82) is 0 Å². The maximum absolute atomic E-state index is 12.5. The van der Waals surface area contributed by atoms with Crippen LogP contribution in [0.4, 0.5) is 0 Å². The number of rotatable bonds is 7. The van der Waals surface area contributed by atoms with Gasteiger partial charge in [-0.15, -0.1) is 0 Å². The zero-order chi connectivity index (χ0) is 19.9. The number of carbonyl (C=O) groups is 3. The highest BCUT2D eigenvalue weighted by molar-refractivity contribution is 5.86. The number of ether oxygens (including phenoxy) is 2. The highest BCUT2D eigenvalue weighted by atomic mass is 16.5. The standard InChI is InChI=1S/C19H32N2O6/c1-15-14-27-18(24)8-6-4-2-3-5-7-16(19(25)21-15)13-17(23)20-9-11-26-12-10-22/h3,5,15-16,22H,2,4,6-14H2,1H3,(H,20,23)(H,21,25)/t15-,16+/m0/s1.